The third-order valence-electron chi connectivity index (χ3n) is 5.34. The number of rotatable bonds is 8. The highest BCUT2D eigenvalue weighted by atomic mass is 16.5. The van der Waals surface area contributed by atoms with Gasteiger partial charge in [0.1, 0.15) is 12.4 Å². The zero-order valence-electron chi connectivity index (χ0n) is 19.7. The smallest absolute Gasteiger partial charge is 0.323 e. The number of nitrogens with zero attached hydrogens (tertiary/aromatic N) is 3. The summed E-state index contributed by atoms with van der Waals surface area (Å²) >= 11 is 0. The van der Waals surface area contributed by atoms with Crippen molar-refractivity contribution in [1.29, 1.82) is 5.26 Å². The van der Waals surface area contributed by atoms with Gasteiger partial charge in [0, 0.05) is 24.0 Å². The fourth-order valence-electron chi connectivity index (χ4n) is 3.64. The number of amides is 2. The summed E-state index contributed by atoms with van der Waals surface area (Å²) in [6, 6.07) is 12.2. The molecule has 36 heavy (non-hydrogen) atoms. The number of methoxy groups -OCH3 is 1. The van der Waals surface area contributed by atoms with Crippen LogP contribution in [0.1, 0.15) is 18.4 Å². The molecule has 2 heterocycles. The summed E-state index contributed by atoms with van der Waals surface area (Å²) in [6.07, 6.45) is 6.70. The monoisotopic (exact) mass is 490 g/mol. The summed E-state index contributed by atoms with van der Waals surface area (Å²) in [5.74, 6) is 1.10. The zero-order valence-corrected chi connectivity index (χ0v) is 19.7. The number of aliphatic imine (C=N–C) groups is 1. The highest BCUT2D eigenvalue weighted by molar-refractivity contribution is 6.00. The Balaban J connectivity index is 1.35. The van der Waals surface area contributed by atoms with Crippen LogP contribution in [-0.4, -0.2) is 43.5 Å². The fourth-order valence-corrected chi connectivity index (χ4v) is 3.64. The van der Waals surface area contributed by atoms with E-state index in [-0.39, 0.29) is 18.7 Å². The molecule has 1 aliphatic rings. The second-order valence-electron chi connectivity index (χ2n) is 7.86. The lowest BCUT2D eigenvalue weighted by molar-refractivity contribution is 0.0622. The molecule has 0 spiro atoms. The van der Waals surface area contributed by atoms with Gasteiger partial charge in [-0.3, -0.25) is 0 Å². The Bertz CT molecular complexity index is 1230. The first kappa shape index (κ1) is 24.6. The topological polar surface area (TPSA) is 143 Å². The van der Waals surface area contributed by atoms with E-state index in [0.29, 0.717) is 29.5 Å². The standard InChI is InChI=1S/C25H26N6O5/c1-33-22-11-19(7-8-21(22)23-13-27-16-36-23)31-24(32)30-18-5-2-4-17(10-18)12-28-25(29-15-26)35-14-20-6-3-9-34-20/h2,4-5,7-8,10-11,13,16,20H,3,6,9,12,14H2,1H3,(H,28,29)(H2,30,31,32). The molecular weight excluding hydrogens is 464 g/mol. The van der Waals surface area contributed by atoms with Crippen LogP contribution in [-0.2, 0) is 16.0 Å². The first-order valence-corrected chi connectivity index (χ1v) is 11.3. The van der Waals surface area contributed by atoms with Crippen molar-refractivity contribution in [2.45, 2.75) is 25.5 Å². The van der Waals surface area contributed by atoms with Gasteiger partial charge in [-0.2, -0.15) is 5.26 Å². The van der Waals surface area contributed by atoms with Gasteiger partial charge in [0.25, 0.3) is 6.02 Å². The Morgan fingerprint density at radius 2 is 2.11 bits per heavy atom. The molecule has 3 N–H and O–H groups in total. The summed E-state index contributed by atoms with van der Waals surface area (Å²) in [4.78, 5) is 20.8. The summed E-state index contributed by atoms with van der Waals surface area (Å²) in [5.41, 5.74) is 2.67. The van der Waals surface area contributed by atoms with Crippen molar-refractivity contribution < 1.29 is 23.4 Å². The molecule has 11 heteroatoms. The number of amidine groups is 1. The molecule has 186 valence electrons. The molecule has 11 nitrogen and oxygen atoms in total. The van der Waals surface area contributed by atoms with E-state index >= 15 is 0 Å². The van der Waals surface area contributed by atoms with Crippen molar-refractivity contribution >= 4 is 23.4 Å². The van der Waals surface area contributed by atoms with Gasteiger partial charge in [0.15, 0.2) is 18.3 Å². The van der Waals surface area contributed by atoms with E-state index in [4.69, 9.17) is 23.9 Å². The minimum Gasteiger partial charge on any atom is -0.496 e. The van der Waals surface area contributed by atoms with Crippen molar-refractivity contribution in [1.82, 2.24) is 10.3 Å². The molecular formula is C25H26N6O5. The molecule has 3 aromatic rings. The van der Waals surface area contributed by atoms with Crippen LogP contribution in [0.5, 0.6) is 5.75 Å². The van der Waals surface area contributed by atoms with Crippen LogP contribution in [0.15, 0.2) is 64.5 Å². The van der Waals surface area contributed by atoms with Crippen molar-refractivity contribution in [3.8, 4) is 23.3 Å². The van der Waals surface area contributed by atoms with E-state index < -0.39 is 6.03 Å². The quantitative estimate of drug-likeness (QED) is 0.185. The number of hydrogen-bond acceptors (Lipinski definition) is 8. The molecule has 1 atom stereocenters. The van der Waals surface area contributed by atoms with Gasteiger partial charge in [-0.25, -0.2) is 20.1 Å². The molecule has 0 aliphatic carbocycles. The number of nitriles is 1. The Labute approximate surface area is 208 Å². The minimum absolute atomic E-state index is 0.0139. The fraction of sp³-hybridized carbons (Fsp3) is 0.280. The number of anilines is 2. The first-order chi connectivity index (χ1) is 17.6. The summed E-state index contributed by atoms with van der Waals surface area (Å²) in [6.45, 7) is 1.31. The molecule has 0 saturated carbocycles. The molecule has 1 saturated heterocycles. The predicted molar refractivity (Wildman–Crippen MR) is 132 cm³/mol. The first-order valence-electron chi connectivity index (χ1n) is 11.3. The average molecular weight is 491 g/mol. The summed E-state index contributed by atoms with van der Waals surface area (Å²) in [7, 11) is 1.54. The van der Waals surface area contributed by atoms with Gasteiger partial charge < -0.3 is 29.3 Å². The molecule has 1 unspecified atom stereocenters. The van der Waals surface area contributed by atoms with Gasteiger partial charge in [-0.1, -0.05) is 12.1 Å². The van der Waals surface area contributed by atoms with Gasteiger partial charge in [-0.05, 0) is 42.7 Å². The number of carbonyl (C=O) groups is 1. The second kappa shape index (κ2) is 12.2. The maximum absolute atomic E-state index is 12.6. The number of nitrogens with one attached hydrogen (secondary N) is 3. The van der Waals surface area contributed by atoms with Crippen LogP contribution >= 0.6 is 0 Å². The number of oxazole rings is 1. The van der Waals surface area contributed by atoms with E-state index in [0.717, 1.165) is 30.6 Å². The number of urea groups is 1. The van der Waals surface area contributed by atoms with E-state index in [1.807, 2.05) is 12.3 Å². The van der Waals surface area contributed by atoms with Crippen LogP contribution in [0.25, 0.3) is 11.3 Å². The molecule has 1 aliphatic heterocycles. The van der Waals surface area contributed by atoms with Crippen LogP contribution in [0.3, 0.4) is 0 Å². The maximum atomic E-state index is 12.6. The number of aromatic nitrogens is 1. The van der Waals surface area contributed by atoms with Crippen molar-refractivity contribution in [2.75, 3.05) is 31.0 Å². The molecule has 2 amide bonds. The minimum atomic E-state index is -0.420. The number of hydrogen-bond donors (Lipinski definition) is 3. The predicted octanol–water partition coefficient (Wildman–Crippen LogP) is 4.12. The lowest BCUT2D eigenvalue weighted by atomic mass is 10.1. The highest BCUT2D eigenvalue weighted by Crippen LogP contribution is 2.32. The van der Waals surface area contributed by atoms with Gasteiger partial charge in [0.05, 0.1) is 31.5 Å². The van der Waals surface area contributed by atoms with Crippen LogP contribution < -0.4 is 20.7 Å². The summed E-state index contributed by atoms with van der Waals surface area (Å²) < 4.78 is 21.9. The average Bonchev–Trinajstić information content (AvgIpc) is 3.60. The number of carbonyl (C=O) groups excluding carboxylic acids is 1. The second-order valence-corrected chi connectivity index (χ2v) is 7.86. The van der Waals surface area contributed by atoms with Gasteiger partial charge >= 0.3 is 6.03 Å². The van der Waals surface area contributed by atoms with E-state index in [1.165, 1.54) is 13.5 Å². The lowest BCUT2D eigenvalue weighted by Crippen LogP contribution is -2.26. The van der Waals surface area contributed by atoms with Crippen LogP contribution in [0.2, 0.25) is 0 Å². The normalized spacial score (nSPS) is 15.1. The zero-order chi connectivity index (χ0) is 25.2. The molecule has 0 bridgehead atoms. The van der Waals surface area contributed by atoms with E-state index in [2.05, 4.69) is 25.9 Å². The molecule has 4 rings (SSSR count). The molecule has 1 aromatic heterocycles. The largest absolute Gasteiger partial charge is 0.496 e. The van der Waals surface area contributed by atoms with Gasteiger partial charge in [-0.15, -0.1) is 0 Å². The maximum Gasteiger partial charge on any atom is 0.323 e. The third-order valence-corrected chi connectivity index (χ3v) is 5.34. The third kappa shape index (κ3) is 6.74. The Hall–Kier alpha value is -4.56. The Kier molecular flexibility index (Phi) is 8.35. The van der Waals surface area contributed by atoms with Crippen LogP contribution in [0, 0.1) is 11.5 Å². The SMILES string of the molecule is COc1cc(NC(=O)Nc2cccc(C/N=C(\NC#N)OCC3CCCO3)c2)ccc1-c1cnco1. The Morgan fingerprint density at radius 3 is 2.83 bits per heavy atom. The number of ether oxygens (including phenoxy) is 3. The number of benzene rings is 2. The Morgan fingerprint density at radius 1 is 1.25 bits per heavy atom. The van der Waals surface area contributed by atoms with Crippen molar-refractivity contribution in [2.24, 2.45) is 4.99 Å². The van der Waals surface area contributed by atoms with Crippen molar-refractivity contribution in [3.05, 3.63) is 60.6 Å². The van der Waals surface area contributed by atoms with E-state index in [9.17, 15) is 4.79 Å². The lowest BCUT2D eigenvalue weighted by Gasteiger charge is -2.12. The molecule has 0 radical (unpaired) electrons. The molecule has 2 aromatic carbocycles. The van der Waals surface area contributed by atoms with Gasteiger partial charge in [0.2, 0.25) is 0 Å². The molecule has 1 fully saturated rings. The van der Waals surface area contributed by atoms with Crippen LogP contribution in [0.4, 0.5) is 16.2 Å². The summed E-state index contributed by atoms with van der Waals surface area (Å²) in [5, 5.41) is 17.0. The van der Waals surface area contributed by atoms with E-state index in [1.54, 1.807) is 42.6 Å². The highest BCUT2D eigenvalue weighted by Gasteiger charge is 2.17. The van der Waals surface area contributed by atoms with Crippen molar-refractivity contribution in [3.63, 3.8) is 0 Å².